The number of hydrogen-bond acceptors (Lipinski definition) is 6. The summed E-state index contributed by atoms with van der Waals surface area (Å²) in [6, 6.07) is 0. The molecule has 0 rings (SSSR count). The average Bonchev–Trinajstić information content (AvgIpc) is 3.30. The molecule has 0 N–H and O–H groups in total. The van der Waals surface area contributed by atoms with Crippen molar-refractivity contribution in [3.05, 3.63) is 134 Å². The predicted molar refractivity (Wildman–Crippen MR) is 279 cm³/mol. The van der Waals surface area contributed by atoms with E-state index in [9.17, 15) is 14.4 Å². The van der Waals surface area contributed by atoms with Crippen LogP contribution in [-0.2, 0) is 28.6 Å². The molecule has 0 bridgehead atoms. The Morgan fingerprint density at radius 1 is 0.338 bits per heavy atom. The van der Waals surface area contributed by atoms with Gasteiger partial charge in [0, 0.05) is 6.42 Å². The normalized spacial score (nSPS) is 13.2. The fraction of sp³-hybridized carbons (Fsp3) is 0.576. The number of carbonyl (C=O) groups excluding carboxylic acids is 3. The van der Waals surface area contributed by atoms with Crippen molar-refractivity contribution >= 4 is 17.9 Å². The summed E-state index contributed by atoms with van der Waals surface area (Å²) in [7, 11) is 0. The molecule has 1 atom stereocenters. The molecule has 0 saturated carbocycles. The van der Waals surface area contributed by atoms with E-state index >= 15 is 0 Å². The maximum absolute atomic E-state index is 12.7. The fourth-order valence-electron chi connectivity index (χ4n) is 6.41. The van der Waals surface area contributed by atoms with Gasteiger partial charge >= 0.3 is 17.9 Å². The first-order chi connectivity index (χ1) is 32.0. The molecule has 65 heavy (non-hydrogen) atoms. The number of carbonyl (C=O) groups is 3. The van der Waals surface area contributed by atoms with Crippen molar-refractivity contribution in [3.63, 3.8) is 0 Å². The lowest BCUT2D eigenvalue weighted by Crippen LogP contribution is -2.30. The van der Waals surface area contributed by atoms with E-state index in [1.165, 1.54) is 77.0 Å². The van der Waals surface area contributed by atoms with Gasteiger partial charge < -0.3 is 14.2 Å². The Balaban J connectivity index is 4.64. The third-order valence-corrected chi connectivity index (χ3v) is 10.2. The first-order valence-electron chi connectivity index (χ1n) is 25.7. The second-order valence-corrected chi connectivity index (χ2v) is 16.3. The lowest BCUT2D eigenvalue weighted by Gasteiger charge is -2.17. The van der Waals surface area contributed by atoms with E-state index in [1.54, 1.807) is 12.2 Å². The summed E-state index contributed by atoms with van der Waals surface area (Å²) >= 11 is 0. The molecule has 364 valence electrons. The van der Waals surface area contributed by atoms with Gasteiger partial charge in [-0.2, -0.15) is 0 Å². The van der Waals surface area contributed by atoms with Crippen LogP contribution in [-0.4, -0.2) is 37.2 Å². The smallest absolute Gasteiger partial charge is 0.310 e. The molecule has 0 heterocycles. The van der Waals surface area contributed by atoms with Gasteiger partial charge in [0.05, 0.1) is 12.8 Å². The third-order valence-electron chi connectivity index (χ3n) is 10.2. The van der Waals surface area contributed by atoms with Crippen LogP contribution in [0.25, 0.3) is 0 Å². The molecule has 0 aromatic rings. The zero-order valence-electron chi connectivity index (χ0n) is 41.4. The van der Waals surface area contributed by atoms with Gasteiger partial charge in [-0.1, -0.05) is 219 Å². The monoisotopic (exact) mass is 897 g/mol. The number of unbranched alkanes of at least 4 members (excludes halogenated alkanes) is 13. The Morgan fingerprint density at radius 2 is 0.662 bits per heavy atom. The van der Waals surface area contributed by atoms with Crippen LogP contribution in [0.5, 0.6) is 0 Å². The molecule has 1 unspecified atom stereocenters. The van der Waals surface area contributed by atoms with Gasteiger partial charge in [0.25, 0.3) is 0 Å². The zero-order valence-corrected chi connectivity index (χ0v) is 41.4. The molecule has 0 aliphatic carbocycles. The average molecular weight is 897 g/mol. The molecular weight excluding hydrogens is 805 g/mol. The topological polar surface area (TPSA) is 78.9 Å². The highest BCUT2D eigenvalue weighted by Gasteiger charge is 2.19. The third kappa shape index (κ3) is 50.4. The number of hydrogen-bond donors (Lipinski definition) is 0. The minimum absolute atomic E-state index is 0.0713. The Kier molecular flexibility index (Phi) is 48.6. The highest BCUT2D eigenvalue weighted by molar-refractivity contribution is 5.72. The summed E-state index contributed by atoms with van der Waals surface area (Å²) < 4.78 is 16.6. The van der Waals surface area contributed by atoms with Crippen LogP contribution in [0.15, 0.2) is 134 Å². The van der Waals surface area contributed by atoms with Gasteiger partial charge in [-0.25, -0.2) is 0 Å². The SMILES string of the molecule is CC/C=C\C/C=C\C/C=C\C/C=C\C/C=C\CC(=O)OCC(COC(=O)CCCCCCCCC/C=C\CCCCCCCC)OC(=O)C/C=C\C/C=C\C/C=C\C/C=C\C/C=C\CC. The lowest BCUT2D eigenvalue weighted by atomic mass is 10.1. The Labute approximate surface area is 398 Å². The highest BCUT2D eigenvalue weighted by Crippen LogP contribution is 2.12. The quantitative estimate of drug-likeness (QED) is 0.0262. The van der Waals surface area contributed by atoms with Crippen molar-refractivity contribution in [1.82, 2.24) is 0 Å². The maximum Gasteiger partial charge on any atom is 0.310 e. The number of esters is 3. The second kappa shape index (κ2) is 52.2. The molecule has 0 aliphatic rings. The first kappa shape index (κ1) is 60.5. The van der Waals surface area contributed by atoms with E-state index in [0.717, 1.165) is 70.6 Å². The molecule has 0 fully saturated rings. The largest absolute Gasteiger partial charge is 0.462 e. The van der Waals surface area contributed by atoms with Crippen LogP contribution < -0.4 is 0 Å². The summed E-state index contributed by atoms with van der Waals surface area (Å²) in [6.45, 7) is 6.21. The molecular formula is C59H92O6. The van der Waals surface area contributed by atoms with E-state index in [2.05, 4.69) is 130 Å². The van der Waals surface area contributed by atoms with Gasteiger partial charge in [-0.3, -0.25) is 14.4 Å². The number of allylic oxidation sites excluding steroid dienone is 20. The van der Waals surface area contributed by atoms with Gasteiger partial charge in [-0.15, -0.1) is 0 Å². The van der Waals surface area contributed by atoms with Gasteiger partial charge in [0.15, 0.2) is 6.10 Å². The van der Waals surface area contributed by atoms with E-state index in [1.807, 2.05) is 12.2 Å². The van der Waals surface area contributed by atoms with Crippen LogP contribution >= 0.6 is 0 Å². The van der Waals surface area contributed by atoms with Gasteiger partial charge in [-0.05, 0) is 96.3 Å². The van der Waals surface area contributed by atoms with Crippen molar-refractivity contribution in [2.45, 2.75) is 207 Å². The Bertz CT molecular complexity index is 1450. The highest BCUT2D eigenvalue weighted by atomic mass is 16.6. The van der Waals surface area contributed by atoms with E-state index in [0.29, 0.717) is 19.3 Å². The molecule has 0 amide bonds. The van der Waals surface area contributed by atoms with Crippen LogP contribution in [0, 0.1) is 0 Å². The first-order valence-corrected chi connectivity index (χ1v) is 25.7. The molecule has 0 aromatic heterocycles. The number of rotatable bonds is 44. The van der Waals surface area contributed by atoms with Crippen molar-refractivity contribution in [2.75, 3.05) is 13.2 Å². The molecule has 0 radical (unpaired) electrons. The van der Waals surface area contributed by atoms with E-state index in [-0.39, 0.29) is 32.0 Å². The molecule has 0 spiro atoms. The van der Waals surface area contributed by atoms with Crippen molar-refractivity contribution in [3.8, 4) is 0 Å². The van der Waals surface area contributed by atoms with Crippen molar-refractivity contribution in [1.29, 1.82) is 0 Å². The molecule has 6 heteroatoms. The molecule has 0 saturated heterocycles. The van der Waals surface area contributed by atoms with Crippen molar-refractivity contribution in [2.24, 2.45) is 0 Å². The zero-order chi connectivity index (χ0) is 47.2. The lowest BCUT2D eigenvalue weighted by molar-refractivity contribution is -0.166. The van der Waals surface area contributed by atoms with Crippen LogP contribution in [0.1, 0.15) is 201 Å². The van der Waals surface area contributed by atoms with Crippen LogP contribution in [0.4, 0.5) is 0 Å². The second-order valence-electron chi connectivity index (χ2n) is 16.3. The van der Waals surface area contributed by atoms with E-state index < -0.39 is 18.0 Å². The van der Waals surface area contributed by atoms with Gasteiger partial charge in [0.2, 0.25) is 0 Å². The summed E-state index contributed by atoms with van der Waals surface area (Å²) in [5.41, 5.74) is 0. The maximum atomic E-state index is 12.7. The minimum Gasteiger partial charge on any atom is -0.462 e. The van der Waals surface area contributed by atoms with Crippen LogP contribution in [0.2, 0.25) is 0 Å². The minimum atomic E-state index is -0.878. The standard InChI is InChI=1S/C59H92O6/c1-4-7-10-13-16-19-22-25-28-29-32-34-37-40-43-46-49-52-58(61)64-55-56(65-59(62)53-50-47-44-41-38-35-31-27-24-21-18-15-12-9-6-3)54-63-57(60)51-48-45-42-39-36-33-30-26-23-20-17-14-11-8-5-2/h8-9,11-12,17-18,20-21,25-28,30-31,36,38-39,41,45,47-48,50,56H,4-7,10,13-16,19,22-24,29,32-35,37,40,42-44,46,49,51-55H2,1-3H3/b11-8-,12-9-,20-17-,21-18-,28-25-,30-26-,31-27-,39-36-,41-38-,48-45-,50-47-. The Morgan fingerprint density at radius 3 is 1.06 bits per heavy atom. The summed E-state index contributed by atoms with van der Waals surface area (Å²) in [4.78, 5) is 37.9. The molecule has 6 nitrogen and oxygen atoms in total. The molecule has 0 aromatic carbocycles. The Hall–Kier alpha value is -4.45. The van der Waals surface area contributed by atoms with Gasteiger partial charge in [0.1, 0.15) is 13.2 Å². The van der Waals surface area contributed by atoms with E-state index in [4.69, 9.17) is 14.2 Å². The summed E-state index contributed by atoms with van der Waals surface area (Å²) in [6.07, 6.45) is 73.4. The number of ether oxygens (including phenoxy) is 3. The molecule has 0 aliphatic heterocycles. The summed E-state index contributed by atoms with van der Waals surface area (Å²) in [5.74, 6) is -1.23. The van der Waals surface area contributed by atoms with Crippen molar-refractivity contribution < 1.29 is 28.6 Å². The van der Waals surface area contributed by atoms with Crippen LogP contribution in [0.3, 0.4) is 0 Å². The fourth-order valence-corrected chi connectivity index (χ4v) is 6.41. The predicted octanol–water partition coefficient (Wildman–Crippen LogP) is 17.1. The summed E-state index contributed by atoms with van der Waals surface area (Å²) in [5, 5.41) is 0.